The van der Waals surface area contributed by atoms with Crippen LogP contribution in [0.1, 0.15) is 24.1 Å². The van der Waals surface area contributed by atoms with Gasteiger partial charge in [0.25, 0.3) is 0 Å². The lowest BCUT2D eigenvalue weighted by molar-refractivity contribution is 0.504. The summed E-state index contributed by atoms with van der Waals surface area (Å²) in [7, 11) is 0. The molecule has 0 bridgehead atoms. The van der Waals surface area contributed by atoms with Gasteiger partial charge in [-0.15, -0.1) is 0 Å². The molecule has 2 aromatic rings. The second-order valence-electron chi connectivity index (χ2n) is 4.45. The Kier molecular flexibility index (Phi) is 5.14. The number of rotatable bonds is 4. The van der Waals surface area contributed by atoms with Gasteiger partial charge in [0, 0.05) is 5.02 Å². The zero-order valence-electron chi connectivity index (χ0n) is 11.1. The predicted octanol–water partition coefficient (Wildman–Crippen LogP) is 5.11. The molecule has 2 aromatic carbocycles. The molecule has 0 spiro atoms. The number of benzene rings is 2. The van der Waals surface area contributed by atoms with E-state index >= 15 is 0 Å². The number of hydrogen-bond donors (Lipinski definition) is 1. The molecule has 0 aliphatic heterocycles. The van der Waals surface area contributed by atoms with Gasteiger partial charge in [0.05, 0.1) is 11.1 Å². The Bertz CT molecular complexity index is 662. The SMILES string of the molecule is CCNC(c1ccc(F)c(Cl)c1)c1cc(F)c(F)cc1Cl. The Labute approximate surface area is 130 Å². The average Bonchev–Trinajstić information content (AvgIpc) is 2.44. The largest absolute Gasteiger partial charge is 0.306 e. The molecule has 0 heterocycles. The van der Waals surface area contributed by atoms with Gasteiger partial charge in [-0.1, -0.05) is 36.2 Å². The van der Waals surface area contributed by atoms with Crippen LogP contribution in [0.2, 0.25) is 10.0 Å². The van der Waals surface area contributed by atoms with Gasteiger partial charge < -0.3 is 5.32 Å². The van der Waals surface area contributed by atoms with E-state index in [1.54, 1.807) is 0 Å². The summed E-state index contributed by atoms with van der Waals surface area (Å²) in [5, 5.41) is 3.13. The van der Waals surface area contributed by atoms with Crippen molar-refractivity contribution < 1.29 is 13.2 Å². The summed E-state index contributed by atoms with van der Waals surface area (Å²) in [4.78, 5) is 0. The Morgan fingerprint density at radius 2 is 1.62 bits per heavy atom. The van der Waals surface area contributed by atoms with E-state index in [4.69, 9.17) is 23.2 Å². The van der Waals surface area contributed by atoms with Crippen molar-refractivity contribution in [1.82, 2.24) is 5.32 Å². The van der Waals surface area contributed by atoms with Crippen molar-refractivity contribution in [3.8, 4) is 0 Å². The maximum atomic E-state index is 13.5. The van der Waals surface area contributed by atoms with Gasteiger partial charge in [0.1, 0.15) is 5.82 Å². The highest BCUT2D eigenvalue weighted by molar-refractivity contribution is 6.31. The lowest BCUT2D eigenvalue weighted by atomic mass is 9.98. The maximum absolute atomic E-state index is 13.5. The third kappa shape index (κ3) is 3.51. The highest BCUT2D eigenvalue weighted by atomic mass is 35.5. The third-order valence-corrected chi connectivity index (χ3v) is 3.65. The summed E-state index contributed by atoms with van der Waals surface area (Å²) < 4.78 is 39.9. The van der Waals surface area contributed by atoms with Crippen LogP contribution in [0.4, 0.5) is 13.2 Å². The van der Waals surface area contributed by atoms with Crippen LogP contribution in [-0.4, -0.2) is 6.54 Å². The summed E-state index contributed by atoms with van der Waals surface area (Å²) in [6.45, 7) is 2.40. The minimum Gasteiger partial charge on any atom is -0.306 e. The summed E-state index contributed by atoms with van der Waals surface area (Å²) in [5.74, 6) is -2.56. The van der Waals surface area contributed by atoms with Crippen molar-refractivity contribution in [2.24, 2.45) is 0 Å². The van der Waals surface area contributed by atoms with Crippen LogP contribution in [0.3, 0.4) is 0 Å². The molecule has 21 heavy (non-hydrogen) atoms. The maximum Gasteiger partial charge on any atom is 0.160 e. The van der Waals surface area contributed by atoms with E-state index < -0.39 is 23.5 Å². The minimum absolute atomic E-state index is 0.0471. The molecule has 0 saturated carbocycles. The topological polar surface area (TPSA) is 12.0 Å². The van der Waals surface area contributed by atoms with Crippen LogP contribution in [0.25, 0.3) is 0 Å². The highest BCUT2D eigenvalue weighted by Crippen LogP contribution is 2.31. The van der Waals surface area contributed by atoms with Crippen LogP contribution in [-0.2, 0) is 0 Å². The van der Waals surface area contributed by atoms with Gasteiger partial charge in [0.2, 0.25) is 0 Å². The van der Waals surface area contributed by atoms with Crippen molar-refractivity contribution >= 4 is 23.2 Å². The Hall–Kier alpha value is -1.23. The normalized spacial score (nSPS) is 12.5. The van der Waals surface area contributed by atoms with Crippen molar-refractivity contribution in [2.45, 2.75) is 13.0 Å². The molecule has 2 rings (SSSR count). The quantitative estimate of drug-likeness (QED) is 0.766. The van der Waals surface area contributed by atoms with E-state index in [0.29, 0.717) is 17.7 Å². The molecule has 1 unspecified atom stereocenters. The molecular weight excluding hydrogens is 322 g/mol. The highest BCUT2D eigenvalue weighted by Gasteiger charge is 2.20. The number of hydrogen-bond acceptors (Lipinski definition) is 1. The van der Waals surface area contributed by atoms with Gasteiger partial charge in [-0.05, 0) is 41.9 Å². The smallest absolute Gasteiger partial charge is 0.160 e. The molecule has 0 fully saturated rings. The number of halogens is 5. The Balaban J connectivity index is 2.52. The van der Waals surface area contributed by atoms with E-state index in [0.717, 1.165) is 12.1 Å². The van der Waals surface area contributed by atoms with E-state index in [-0.39, 0.29) is 10.0 Å². The lowest BCUT2D eigenvalue weighted by Gasteiger charge is -2.20. The number of nitrogens with one attached hydrogen (secondary N) is 1. The van der Waals surface area contributed by atoms with Crippen molar-refractivity contribution in [3.63, 3.8) is 0 Å². The molecular formula is C15H12Cl2F3N. The average molecular weight is 334 g/mol. The zero-order valence-corrected chi connectivity index (χ0v) is 12.6. The van der Waals surface area contributed by atoms with Crippen molar-refractivity contribution in [1.29, 1.82) is 0 Å². The van der Waals surface area contributed by atoms with E-state index in [2.05, 4.69) is 5.32 Å². The minimum atomic E-state index is -1.02. The molecule has 112 valence electrons. The molecule has 0 radical (unpaired) electrons. The fraction of sp³-hybridized carbons (Fsp3) is 0.200. The van der Waals surface area contributed by atoms with E-state index in [1.165, 1.54) is 18.2 Å². The van der Waals surface area contributed by atoms with Gasteiger partial charge in [0.15, 0.2) is 11.6 Å². The third-order valence-electron chi connectivity index (χ3n) is 3.04. The summed E-state index contributed by atoms with van der Waals surface area (Å²) in [6, 6.07) is 5.60. The molecule has 6 heteroatoms. The standard InChI is InChI=1S/C15H12Cl2F3N/c1-2-21-15(8-3-4-12(18)11(17)5-8)9-6-13(19)14(20)7-10(9)16/h3-7,15,21H,2H2,1H3. The molecule has 0 aliphatic rings. The van der Waals surface area contributed by atoms with E-state index in [1.807, 2.05) is 6.92 Å². The first-order chi connectivity index (χ1) is 9.93. The molecule has 1 nitrogen and oxygen atoms in total. The van der Waals surface area contributed by atoms with Crippen LogP contribution in [0, 0.1) is 17.5 Å². The second kappa shape index (κ2) is 6.69. The fourth-order valence-electron chi connectivity index (χ4n) is 2.06. The zero-order chi connectivity index (χ0) is 15.6. The lowest BCUT2D eigenvalue weighted by Crippen LogP contribution is -2.22. The van der Waals surface area contributed by atoms with Gasteiger partial charge in [-0.3, -0.25) is 0 Å². The van der Waals surface area contributed by atoms with Gasteiger partial charge in [-0.2, -0.15) is 0 Å². The summed E-state index contributed by atoms with van der Waals surface area (Å²) in [5.41, 5.74) is 0.969. The molecule has 0 aliphatic carbocycles. The van der Waals surface area contributed by atoms with Crippen molar-refractivity contribution in [2.75, 3.05) is 6.54 Å². The Morgan fingerprint density at radius 3 is 2.24 bits per heavy atom. The van der Waals surface area contributed by atoms with Crippen molar-refractivity contribution in [3.05, 3.63) is 69.0 Å². The molecule has 0 saturated heterocycles. The first kappa shape index (κ1) is 16.1. The summed E-state index contributed by atoms with van der Waals surface area (Å²) >= 11 is 11.8. The molecule has 1 N–H and O–H groups in total. The predicted molar refractivity (Wildman–Crippen MR) is 78.3 cm³/mol. The van der Waals surface area contributed by atoms with Gasteiger partial charge in [-0.25, -0.2) is 13.2 Å². The monoisotopic (exact) mass is 333 g/mol. The second-order valence-corrected chi connectivity index (χ2v) is 5.27. The molecule has 0 aromatic heterocycles. The first-order valence-electron chi connectivity index (χ1n) is 6.26. The molecule has 0 amide bonds. The van der Waals surface area contributed by atoms with E-state index in [9.17, 15) is 13.2 Å². The fourth-order valence-corrected chi connectivity index (χ4v) is 2.51. The first-order valence-corrected chi connectivity index (χ1v) is 7.02. The Morgan fingerprint density at radius 1 is 0.952 bits per heavy atom. The van der Waals surface area contributed by atoms with Crippen LogP contribution in [0.15, 0.2) is 30.3 Å². The van der Waals surface area contributed by atoms with Crippen LogP contribution >= 0.6 is 23.2 Å². The van der Waals surface area contributed by atoms with Gasteiger partial charge >= 0.3 is 0 Å². The van der Waals surface area contributed by atoms with Crippen LogP contribution in [0.5, 0.6) is 0 Å². The van der Waals surface area contributed by atoms with Crippen LogP contribution < -0.4 is 5.32 Å². The summed E-state index contributed by atoms with van der Waals surface area (Å²) in [6.07, 6.45) is 0. The molecule has 1 atom stereocenters.